The second-order valence-electron chi connectivity index (χ2n) is 8.45. The van der Waals surface area contributed by atoms with Gasteiger partial charge in [-0.1, -0.05) is 0 Å². The quantitative estimate of drug-likeness (QED) is 0.338. The number of nitrogens with zero attached hydrogens (tertiary/aromatic N) is 3. The molecule has 206 valence electrons. The van der Waals surface area contributed by atoms with Gasteiger partial charge >= 0.3 is 12.4 Å². The van der Waals surface area contributed by atoms with Crippen LogP contribution in [0.2, 0.25) is 0 Å². The number of aromatic nitrogens is 1. The molecule has 38 heavy (non-hydrogen) atoms. The summed E-state index contributed by atoms with van der Waals surface area (Å²) in [7, 11) is 3.07. The van der Waals surface area contributed by atoms with Crippen LogP contribution in [-0.2, 0) is 42.0 Å². The molecule has 0 spiro atoms. The van der Waals surface area contributed by atoms with Crippen LogP contribution in [0.1, 0.15) is 32.9 Å². The number of carbonyl (C=O) groups is 2. The fourth-order valence-corrected chi connectivity index (χ4v) is 3.66. The van der Waals surface area contributed by atoms with E-state index < -0.39 is 47.4 Å². The Morgan fingerprint density at radius 1 is 0.947 bits per heavy atom. The van der Waals surface area contributed by atoms with E-state index in [1.807, 2.05) is 0 Å². The first-order valence-corrected chi connectivity index (χ1v) is 11.3. The highest BCUT2D eigenvalue weighted by molar-refractivity contribution is 5.97. The molecule has 0 saturated heterocycles. The van der Waals surface area contributed by atoms with Gasteiger partial charge in [0.1, 0.15) is 12.3 Å². The van der Waals surface area contributed by atoms with Gasteiger partial charge in [0, 0.05) is 38.2 Å². The Balaban J connectivity index is 1.93. The summed E-state index contributed by atoms with van der Waals surface area (Å²) in [6.07, 6.45) is -7.07. The Kier molecular flexibility index (Phi) is 8.92. The Morgan fingerprint density at radius 2 is 1.61 bits per heavy atom. The van der Waals surface area contributed by atoms with Gasteiger partial charge in [0.15, 0.2) is 0 Å². The van der Waals surface area contributed by atoms with Gasteiger partial charge in [0.05, 0.1) is 37.1 Å². The molecule has 13 heteroatoms. The summed E-state index contributed by atoms with van der Waals surface area (Å²) in [5.41, 5.74) is -3.36. The van der Waals surface area contributed by atoms with Crippen molar-refractivity contribution in [1.29, 1.82) is 0 Å². The number of ether oxygens (including phenoxy) is 1. The van der Waals surface area contributed by atoms with Crippen molar-refractivity contribution >= 4 is 11.8 Å². The number of methoxy groups -OCH3 is 1. The summed E-state index contributed by atoms with van der Waals surface area (Å²) in [6.45, 7) is -0.856. The van der Waals surface area contributed by atoms with Gasteiger partial charge in [-0.3, -0.25) is 9.59 Å². The molecule has 0 unspecified atom stereocenters. The van der Waals surface area contributed by atoms with E-state index in [0.717, 1.165) is 10.6 Å². The molecule has 3 rings (SSSR count). The molecule has 0 fully saturated rings. The number of amides is 2. The van der Waals surface area contributed by atoms with E-state index in [-0.39, 0.29) is 32.3 Å². The molecule has 3 aromatic rings. The third-order valence-corrected chi connectivity index (χ3v) is 5.70. The van der Waals surface area contributed by atoms with Gasteiger partial charge in [-0.25, -0.2) is 0 Å². The first-order valence-electron chi connectivity index (χ1n) is 11.3. The number of hydrogen-bond donors (Lipinski definition) is 0. The molecule has 0 N–H and O–H groups in total. The molecular weight excluding hydrogens is 520 g/mol. The van der Waals surface area contributed by atoms with Gasteiger partial charge in [-0.15, -0.1) is 0 Å². The van der Waals surface area contributed by atoms with Gasteiger partial charge < -0.3 is 23.5 Å². The van der Waals surface area contributed by atoms with Crippen molar-refractivity contribution in [3.05, 3.63) is 83.1 Å². The fourth-order valence-electron chi connectivity index (χ4n) is 3.66. The van der Waals surface area contributed by atoms with E-state index in [1.165, 1.54) is 18.3 Å². The summed E-state index contributed by atoms with van der Waals surface area (Å²) in [4.78, 5) is 28.8. The summed E-state index contributed by atoms with van der Waals surface area (Å²) >= 11 is 0. The van der Waals surface area contributed by atoms with Crippen molar-refractivity contribution in [2.24, 2.45) is 7.05 Å². The van der Waals surface area contributed by atoms with Gasteiger partial charge in [0.25, 0.3) is 5.91 Å². The Hall–Kier alpha value is -3.74. The first-order chi connectivity index (χ1) is 17.8. The molecule has 0 atom stereocenters. The maximum atomic E-state index is 13.3. The number of benzene rings is 1. The molecule has 2 aromatic heterocycles. The third-order valence-electron chi connectivity index (χ3n) is 5.70. The predicted molar refractivity (Wildman–Crippen MR) is 123 cm³/mol. The van der Waals surface area contributed by atoms with Crippen LogP contribution in [0.4, 0.5) is 26.3 Å². The predicted octanol–water partition coefficient (Wildman–Crippen LogP) is 4.97. The lowest BCUT2D eigenvalue weighted by Gasteiger charge is -2.28. The number of furan rings is 1. The van der Waals surface area contributed by atoms with E-state index in [4.69, 9.17) is 9.15 Å². The normalized spacial score (nSPS) is 12.0. The molecule has 0 bridgehead atoms. The average Bonchev–Trinajstić information content (AvgIpc) is 3.51. The monoisotopic (exact) mass is 545 g/mol. The first kappa shape index (κ1) is 28.8. The van der Waals surface area contributed by atoms with Crippen molar-refractivity contribution in [1.82, 2.24) is 14.4 Å². The molecule has 7 nitrogen and oxygen atoms in total. The summed E-state index contributed by atoms with van der Waals surface area (Å²) in [6, 6.07) is 7.43. The van der Waals surface area contributed by atoms with Crippen LogP contribution >= 0.6 is 0 Å². The minimum absolute atomic E-state index is 0.0190. The van der Waals surface area contributed by atoms with E-state index >= 15 is 0 Å². The Morgan fingerprint density at radius 3 is 2.11 bits per heavy atom. The van der Waals surface area contributed by atoms with Crippen LogP contribution < -0.4 is 0 Å². The number of alkyl halides is 6. The van der Waals surface area contributed by atoms with Crippen LogP contribution in [0.5, 0.6) is 0 Å². The highest BCUT2D eigenvalue weighted by Gasteiger charge is 2.38. The smallest absolute Gasteiger partial charge is 0.416 e. The lowest BCUT2D eigenvalue weighted by atomic mass is 10.0. The second kappa shape index (κ2) is 11.8. The SMILES string of the molecule is COCCN(CC(=O)N(Cc1ccco1)Cc1cccn1C)C(=O)c1cc(C(F)(F)F)cc(C(F)(F)F)c1. The Labute approximate surface area is 214 Å². The maximum Gasteiger partial charge on any atom is 0.416 e. The highest BCUT2D eigenvalue weighted by atomic mass is 19.4. The number of halogens is 6. The largest absolute Gasteiger partial charge is 0.467 e. The molecule has 1 aromatic carbocycles. The fraction of sp³-hybridized carbons (Fsp3) is 0.360. The van der Waals surface area contributed by atoms with Gasteiger partial charge in [-0.2, -0.15) is 26.3 Å². The lowest BCUT2D eigenvalue weighted by molar-refractivity contribution is -0.143. The zero-order chi connectivity index (χ0) is 28.1. The zero-order valence-corrected chi connectivity index (χ0v) is 20.5. The molecule has 0 aliphatic carbocycles. The molecule has 0 aliphatic heterocycles. The lowest BCUT2D eigenvalue weighted by Crippen LogP contribution is -2.44. The van der Waals surface area contributed by atoms with Crippen LogP contribution in [0.15, 0.2) is 59.3 Å². The number of aryl methyl sites for hydroxylation is 1. The van der Waals surface area contributed by atoms with Crippen LogP contribution in [0, 0.1) is 0 Å². The summed E-state index contributed by atoms with van der Waals surface area (Å²) in [5, 5.41) is 0. The average molecular weight is 545 g/mol. The molecule has 0 aliphatic rings. The molecular formula is C25H25F6N3O4. The van der Waals surface area contributed by atoms with E-state index in [0.29, 0.717) is 17.9 Å². The standard InChI is InChI=1S/C25H25F6N3O4/c1-32-7-3-5-20(32)14-34(15-21-6-4-9-38-21)22(35)16-33(8-10-37-2)23(36)17-11-18(24(26,27)28)13-19(12-17)25(29,30)31/h3-7,9,11-13H,8,10,14-16H2,1-2H3. The number of hydrogen-bond acceptors (Lipinski definition) is 4. The molecule has 2 heterocycles. The second-order valence-corrected chi connectivity index (χ2v) is 8.45. The van der Waals surface area contributed by atoms with Crippen molar-refractivity contribution in [2.45, 2.75) is 25.4 Å². The number of rotatable bonds is 10. The highest BCUT2D eigenvalue weighted by Crippen LogP contribution is 2.36. The van der Waals surface area contributed by atoms with Crippen molar-refractivity contribution in [3.63, 3.8) is 0 Å². The topological polar surface area (TPSA) is 67.9 Å². The van der Waals surface area contributed by atoms with Crippen LogP contribution in [-0.4, -0.2) is 53.0 Å². The zero-order valence-electron chi connectivity index (χ0n) is 20.5. The van der Waals surface area contributed by atoms with Gasteiger partial charge in [0.2, 0.25) is 5.91 Å². The summed E-state index contributed by atoms with van der Waals surface area (Å²) < 4.78 is 92.0. The van der Waals surface area contributed by atoms with Crippen molar-refractivity contribution < 1.29 is 45.1 Å². The minimum Gasteiger partial charge on any atom is -0.467 e. The minimum atomic E-state index is -5.13. The number of carbonyl (C=O) groups excluding carboxylic acids is 2. The third kappa shape index (κ3) is 7.40. The molecule has 0 radical (unpaired) electrons. The van der Waals surface area contributed by atoms with E-state index in [2.05, 4.69) is 0 Å². The van der Waals surface area contributed by atoms with Crippen LogP contribution in [0.3, 0.4) is 0 Å². The van der Waals surface area contributed by atoms with E-state index in [9.17, 15) is 35.9 Å². The Bertz CT molecular complexity index is 1200. The molecule has 2 amide bonds. The van der Waals surface area contributed by atoms with E-state index in [1.54, 1.807) is 42.1 Å². The molecule has 0 saturated carbocycles. The van der Waals surface area contributed by atoms with Crippen molar-refractivity contribution in [2.75, 3.05) is 26.8 Å². The van der Waals surface area contributed by atoms with Gasteiger partial charge in [-0.05, 0) is 42.5 Å². The maximum absolute atomic E-state index is 13.3. The van der Waals surface area contributed by atoms with Crippen molar-refractivity contribution in [3.8, 4) is 0 Å². The van der Waals surface area contributed by atoms with Crippen LogP contribution in [0.25, 0.3) is 0 Å². The summed E-state index contributed by atoms with van der Waals surface area (Å²) in [5.74, 6) is -1.34.